The van der Waals surface area contributed by atoms with Crippen LogP contribution in [0.25, 0.3) is 11.4 Å². The number of aromatic nitrogens is 3. The number of aryl methyl sites for hydroxylation is 1. The number of hydrogen-bond acceptors (Lipinski definition) is 6. The van der Waals surface area contributed by atoms with Crippen LogP contribution in [0.3, 0.4) is 0 Å². The van der Waals surface area contributed by atoms with E-state index in [2.05, 4.69) is 17.1 Å². The molecule has 3 rings (SSSR count). The van der Waals surface area contributed by atoms with Crippen LogP contribution in [0.4, 0.5) is 0 Å². The lowest BCUT2D eigenvalue weighted by molar-refractivity contribution is -0.137. The molecule has 0 aliphatic rings. The molecule has 0 amide bonds. The normalized spacial score (nSPS) is 10.8. The Bertz CT molecular complexity index is 989. The number of benzene rings is 2. The molecular formula is C23H27N3O4S. The number of hydrogen-bond donors (Lipinski definition) is 1. The maximum Gasteiger partial charge on any atom is 0.305 e. The van der Waals surface area contributed by atoms with Crippen molar-refractivity contribution in [2.75, 3.05) is 19.0 Å². The van der Waals surface area contributed by atoms with Crippen molar-refractivity contribution < 1.29 is 19.4 Å². The van der Waals surface area contributed by atoms with E-state index in [0.717, 1.165) is 29.0 Å². The van der Waals surface area contributed by atoms with Gasteiger partial charge < -0.3 is 19.1 Å². The van der Waals surface area contributed by atoms with E-state index in [4.69, 9.17) is 14.6 Å². The maximum absolute atomic E-state index is 11.1. The molecule has 0 radical (unpaired) electrons. The molecule has 2 aromatic carbocycles. The van der Waals surface area contributed by atoms with Gasteiger partial charge in [0.15, 0.2) is 11.0 Å². The second-order valence-electron chi connectivity index (χ2n) is 6.99. The maximum atomic E-state index is 11.1. The number of carbonyl (C=O) groups is 1. The first-order valence-electron chi connectivity index (χ1n) is 10.3. The molecule has 0 fully saturated rings. The summed E-state index contributed by atoms with van der Waals surface area (Å²) in [5, 5.41) is 18.4. The molecule has 0 aliphatic carbocycles. The zero-order valence-corrected chi connectivity index (χ0v) is 18.6. The van der Waals surface area contributed by atoms with Gasteiger partial charge in [0, 0.05) is 17.9 Å². The lowest BCUT2D eigenvalue weighted by atomic mass is 10.1. The zero-order chi connectivity index (χ0) is 22.1. The smallest absolute Gasteiger partial charge is 0.305 e. The molecule has 0 saturated heterocycles. The van der Waals surface area contributed by atoms with Crippen LogP contribution in [0.5, 0.6) is 11.5 Å². The van der Waals surface area contributed by atoms with Crippen molar-refractivity contribution in [2.24, 2.45) is 0 Å². The molecule has 31 heavy (non-hydrogen) atoms. The fourth-order valence-corrected chi connectivity index (χ4v) is 3.73. The predicted octanol–water partition coefficient (Wildman–Crippen LogP) is 4.69. The zero-order valence-electron chi connectivity index (χ0n) is 17.8. The largest absolute Gasteiger partial charge is 0.494 e. The number of carboxylic acid groups (broad SMARTS) is 1. The van der Waals surface area contributed by atoms with Crippen LogP contribution in [0.1, 0.15) is 25.3 Å². The van der Waals surface area contributed by atoms with E-state index in [1.165, 1.54) is 11.8 Å². The quantitative estimate of drug-likeness (QED) is 0.322. The Kier molecular flexibility index (Phi) is 8.35. The molecule has 0 atom stereocenters. The van der Waals surface area contributed by atoms with Crippen molar-refractivity contribution in [3.63, 3.8) is 0 Å². The summed E-state index contributed by atoms with van der Waals surface area (Å²) in [4.78, 5) is 11.1. The van der Waals surface area contributed by atoms with E-state index in [9.17, 15) is 4.79 Å². The molecular weight excluding hydrogens is 414 g/mol. The molecule has 0 spiro atoms. The van der Waals surface area contributed by atoms with Crippen LogP contribution in [0, 0.1) is 6.92 Å². The van der Waals surface area contributed by atoms with Crippen molar-refractivity contribution in [2.45, 2.75) is 38.4 Å². The van der Waals surface area contributed by atoms with Gasteiger partial charge in [0.25, 0.3) is 0 Å². The van der Waals surface area contributed by atoms with E-state index in [1.54, 1.807) is 0 Å². The minimum Gasteiger partial charge on any atom is -0.494 e. The summed E-state index contributed by atoms with van der Waals surface area (Å²) >= 11 is 1.50. The molecule has 3 aromatic rings. The number of ether oxygens (including phenoxy) is 2. The van der Waals surface area contributed by atoms with Crippen LogP contribution in [-0.2, 0) is 11.3 Å². The second-order valence-corrected chi connectivity index (χ2v) is 8.05. The highest BCUT2D eigenvalue weighted by molar-refractivity contribution is 7.99. The van der Waals surface area contributed by atoms with E-state index >= 15 is 0 Å². The Labute approximate surface area is 186 Å². The molecule has 0 bridgehead atoms. The van der Waals surface area contributed by atoms with Gasteiger partial charge in [0.1, 0.15) is 11.5 Å². The topological polar surface area (TPSA) is 86.5 Å². The summed E-state index contributed by atoms with van der Waals surface area (Å²) in [6.45, 7) is 5.59. The Morgan fingerprint density at radius 1 is 1.06 bits per heavy atom. The summed E-state index contributed by atoms with van der Waals surface area (Å²) < 4.78 is 13.2. The molecule has 0 aliphatic heterocycles. The third-order valence-corrected chi connectivity index (χ3v) is 5.35. The van der Waals surface area contributed by atoms with Crippen molar-refractivity contribution >= 4 is 17.7 Å². The predicted molar refractivity (Wildman–Crippen MR) is 121 cm³/mol. The summed E-state index contributed by atoms with van der Waals surface area (Å²) in [5.74, 6) is 2.09. The van der Waals surface area contributed by atoms with Crippen LogP contribution in [0.15, 0.2) is 53.7 Å². The monoisotopic (exact) mass is 441 g/mol. The van der Waals surface area contributed by atoms with Gasteiger partial charge in [-0.15, -0.1) is 10.2 Å². The van der Waals surface area contributed by atoms with Gasteiger partial charge in [0.05, 0.1) is 19.6 Å². The molecule has 164 valence electrons. The molecule has 8 heteroatoms. The molecule has 0 unspecified atom stereocenters. The Morgan fingerprint density at radius 2 is 1.77 bits per heavy atom. The minimum absolute atomic E-state index is 0.00731. The van der Waals surface area contributed by atoms with E-state index in [1.807, 2.05) is 60.0 Å². The van der Waals surface area contributed by atoms with Gasteiger partial charge in [-0.2, -0.15) is 0 Å². The van der Waals surface area contributed by atoms with Crippen LogP contribution in [0.2, 0.25) is 0 Å². The number of aliphatic carboxylic acids is 1. The number of nitrogens with zero attached hydrogens (tertiary/aromatic N) is 3. The highest BCUT2D eigenvalue weighted by Gasteiger charge is 2.15. The fourth-order valence-electron chi connectivity index (χ4n) is 2.95. The highest BCUT2D eigenvalue weighted by Crippen LogP contribution is 2.25. The van der Waals surface area contributed by atoms with Gasteiger partial charge in [-0.3, -0.25) is 4.79 Å². The molecule has 1 N–H and O–H groups in total. The van der Waals surface area contributed by atoms with Crippen molar-refractivity contribution in [3.05, 3.63) is 54.1 Å². The third kappa shape index (κ3) is 6.75. The first-order chi connectivity index (χ1) is 15.1. The molecule has 7 nitrogen and oxygen atoms in total. The van der Waals surface area contributed by atoms with E-state index < -0.39 is 5.97 Å². The van der Waals surface area contributed by atoms with Gasteiger partial charge in [-0.1, -0.05) is 42.4 Å². The number of carboxylic acids is 1. The molecule has 1 aromatic heterocycles. The molecule has 0 saturated carbocycles. The average Bonchev–Trinajstić information content (AvgIpc) is 3.17. The van der Waals surface area contributed by atoms with Gasteiger partial charge in [-0.05, 0) is 43.7 Å². The Morgan fingerprint density at radius 3 is 2.42 bits per heavy atom. The highest BCUT2D eigenvalue weighted by atomic mass is 32.2. The van der Waals surface area contributed by atoms with Crippen molar-refractivity contribution in [3.8, 4) is 22.9 Å². The summed E-state index contributed by atoms with van der Waals surface area (Å²) in [6.07, 6.45) is 0.978. The fraction of sp³-hybridized carbons (Fsp3) is 0.348. The number of thioether (sulfide) groups is 1. The van der Waals surface area contributed by atoms with Crippen LogP contribution in [-0.4, -0.2) is 44.8 Å². The standard InChI is InChI=1S/C23H27N3O4S/c1-3-13-29-19-7-9-20(10-8-19)30-14-15-31-23-25-24-22(26(23)12-11-21(27)28)18-6-4-5-17(2)16-18/h4-10,16H,3,11-15H2,1-2H3,(H,27,28). The lowest BCUT2D eigenvalue weighted by Gasteiger charge is -2.10. The van der Waals surface area contributed by atoms with Gasteiger partial charge in [-0.25, -0.2) is 0 Å². The SMILES string of the molecule is CCCOc1ccc(OCCSc2nnc(-c3cccc(C)c3)n2CCC(=O)O)cc1. The second kappa shape index (κ2) is 11.4. The Hall–Kier alpha value is -3.00. The van der Waals surface area contributed by atoms with E-state index in [0.29, 0.717) is 36.5 Å². The first-order valence-corrected chi connectivity index (χ1v) is 11.3. The average molecular weight is 442 g/mol. The van der Waals surface area contributed by atoms with Crippen molar-refractivity contribution in [1.82, 2.24) is 14.8 Å². The first kappa shape index (κ1) is 22.7. The van der Waals surface area contributed by atoms with Gasteiger partial charge >= 0.3 is 5.97 Å². The van der Waals surface area contributed by atoms with E-state index in [-0.39, 0.29) is 6.42 Å². The van der Waals surface area contributed by atoms with Crippen molar-refractivity contribution in [1.29, 1.82) is 0 Å². The summed E-state index contributed by atoms with van der Waals surface area (Å²) in [7, 11) is 0. The van der Waals surface area contributed by atoms with Gasteiger partial charge in [0.2, 0.25) is 0 Å². The Balaban J connectivity index is 1.61. The molecule has 1 heterocycles. The summed E-state index contributed by atoms with van der Waals surface area (Å²) in [5.41, 5.74) is 2.03. The minimum atomic E-state index is -0.852. The third-order valence-electron chi connectivity index (χ3n) is 4.42. The lowest BCUT2D eigenvalue weighted by Crippen LogP contribution is -2.08. The summed E-state index contributed by atoms with van der Waals surface area (Å²) in [6, 6.07) is 15.5. The van der Waals surface area contributed by atoms with Crippen LogP contribution < -0.4 is 9.47 Å². The number of rotatable bonds is 12. The van der Waals surface area contributed by atoms with Crippen LogP contribution >= 0.6 is 11.8 Å².